The largest absolute Gasteiger partial charge is 0.466 e. The average molecular weight is 448 g/mol. The summed E-state index contributed by atoms with van der Waals surface area (Å²) in [6, 6.07) is 2.08. The minimum atomic E-state index is 0. The van der Waals surface area contributed by atoms with E-state index >= 15 is 0 Å². The van der Waals surface area contributed by atoms with Crippen molar-refractivity contribution < 1.29 is 4.42 Å². The van der Waals surface area contributed by atoms with Gasteiger partial charge in [0.05, 0.1) is 0 Å². The van der Waals surface area contributed by atoms with Crippen LogP contribution in [0.1, 0.15) is 50.2 Å². The molecule has 0 bridgehead atoms. The van der Waals surface area contributed by atoms with E-state index in [1.54, 1.807) is 0 Å². The molecule has 0 unspecified atom stereocenters. The summed E-state index contributed by atoms with van der Waals surface area (Å²) in [5.41, 5.74) is 1.32. The molecule has 0 amide bonds. The lowest BCUT2D eigenvalue weighted by molar-refractivity contribution is 0.0982. The first kappa shape index (κ1) is 21.3. The van der Waals surface area contributed by atoms with E-state index in [1.807, 2.05) is 20.9 Å². The molecule has 0 radical (unpaired) electrons. The van der Waals surface area contributed by atoms with Gasteiger partial charge in [0, 0.05) is 31.2 Å². The Balaban J connectivity index is 0.00000288. The molecule has 0 atom stereocenters. The maximum Gasteiger partial charge on any atom is 0.191 e. The van der Waals surface area contributed by atoms with Crippen molar-refractivity contribution in [3.05, 3.63) is 23.2 Å². The van der Waals surface area contributed by atoms with Gasteiger partial charge in [-0.2, -0.15) is 0 Å². The third kappa shape index (κ3) is 5.95. The number of furan rings is 1. The summed E-state index contributed by atoms with van der Waals surface area (Å²) in [5, 5.41) is 6.85. The molecule has 1 saturated heterocycles. The maximum atomic E-state index is 5.57. The Labute approximate surface area is 163 Å². The normalized spacial score (nSPS) is 16.6. The van der Waals surface area contributed by atoms with Gasteiger partial charge in [0.1, 0.15) is 11.5 Å². The van der Waals surface area contributed by atoms with Crippen LogP contribution < -0.4 is 10.6 Å². The fourth-order valence-corrected chi connectivity index (χ4v) is 3.17. The predicted octanol–water partition coefficient (Wildman–Crippen LogP) is 3.44. The average Bonchev–Trinajstić information content (AvgIpc) is 2.86. The molecule has 0 aromatic carbocycles. The summed E-state index contributed by atoms with van der Waals surface area (Å²) in [7, 11) is 1.82. The molecule has 1 fully saturated rings. The van der Waals surface area contributed by atoms with Crippen molar-refractivity contribution in [2.24, 2.45) is 4.99 Å². The first-order valence-corrected chi connectivity index (χ1v) is 8.68. The van der Waals surface area contributed by atoms with Crippen molar-refractivity contribution in [1.29, 1.82) is 0 Å². The molecule has 138 valence electrons. The summed E-state index contributed by atoms with van der Waals surface area (Å²) in [6.45, 7) is 12.6. The van der Waals surface area contributed by atoms with Gasteiger partial charge in [0.15, 0.2) is 5.96 Å². The Morgan fingerprint density at radius 1 is 1.21 bits per heavy atom. The van der Waals surface area contributed by atoms with Crippen LogP contribution in [0.5, 0.6) is 0 Å². The minimum absolute atomic E-state index is 0. The van der Waals surface area contributed by atoms with Gasteiger partial charge in [0.25, 0.3) is 0 Å². The maximum absolute atomic E-state index is 5.57. The lowest BCUT2D eigenvalue weighted by atomic mass is 9.98. The highest BCUT2D eigenvalue weighted by molar-refractivity contribution is 14.0. The van der Waals surface area contributed by atoms with Gasteiger partial charge >= 0.3 is 0 Å². The van der Waals surface area contributed by atoms with Crippen LogP contribution in [0.25, 0.3) is 0 Å². The SMILES string of the molecule is CN=C(NCc1cc(C)oc1C)NCC(C)(C)N1CCCCC1.I. The second-order valence-electron chi connectivity index (χ2n) is 7.08. The molecular formula is C18H33IN4O. The van der Waals surface area contributed by atoms with Crippen LogP contribution in [0, 0.1) is 13.8 Å². The molecule has 0 aliphatic carbocycles. The number of rotatable bonds is 5. The molecule has 1 aliphatic rings. The van der Waals surface area contributed by atoms with Gasteiger partial charge in [-0.25, -0.2) is 0 Å². The molecule has 0 spiro atoms. The molecule has 2 rings (SSSR count). The van der Waals surface area contributed by atoms with Crippen LogP contribution in [0.3, 0.4) is 0 Å². The van der Waals surface area contributed by atoms with Crippen LogP contribution in [-0.4, -0.2) is 43.1 Å². The van der Waals surface area contributed by atoms with Crippen molar-refractivity contribution in [3.8, 4) is 0 Å². The van der Waals surface area contributed by atoms with E-state index in [4.69, 9.17) is 4.42 Å². The Kier molecular flexibility index (Phi) is 8.56. The monoisotopic (exact) mass is 448 g/mol. The third-order valence-electron chi connectivity index (χ3n) is 4.71. The molecular weight excluding hydrogens is 415 g/mol. The fourth-order valence-electron chi connectivity index (χ4n) is 3.17. The third-order valence-corrected chi connectivity index (χ3v) is 4.71. The topological polar surface area (TPSA) is 52.8 Å². The highest BCUT2D eigenvalue weighted by atomic mass is 127. The molecule has 0 saturated carbocycles. The van der Waals surface area contributed by atoms with Crippen molar-refractivity contribution in [3.63, 3.8) is 0 Å². The van der Waals surface area contributed by atoms with E-state index in [1.165, 1.54) is 37.9 Å². The number of piperidine rings is 1. The summed E-state index contributed by atoms with van der Waals surface area (Å²) < 4.78 is 5.57. The summed E-state index contributed by atoms with van der Waals surface area (Å²) in [6.07, 6.45) is 4.00. The number of hydrogen-bond donors (Lipinski definition) is 2. The number of nitrogens with one attached hydrogen (secondary N) is 2. The number of likely N-dealkylation sites (tertiary alicyclic amines) is 1. The zero-order valence-corrected chi connectivity index (χ0v) is 18.1. The Hall–Kier alpha value is -0.760. The fraction of sp³-hybridized carbons (Fsp3) is 0.722. The van der Waals surface area contributed by atoms with Crippen LogP contribution in [0.4, 0.5) is 0 Å². The van der Waals surface area contributed by atoms with E-state index in [0.717, 1.165) is 30.6 Å². The lowest BCUT2D eigenvalue weighted by Crippen LogP contribution is -2.54. The Morgan fingerprint density at radius 2 is 1.88 bits per heavy atom. The summed E-state index contributed by atoms with van der Waals surface area (Å²) >= 11 is 0. The van der Waals surface area contributed by atoms with E-state index < -0.39 is 0 Å². The Morgan fingerprint density at radius 3 is 2.42 bits per heavy atom. The smallest absolute Gasteiger partial charge is 0.191 e. The van der Waals surface area contributed by atoms with Crippen molar-refractivity contribution >= 4 is 29.9 Å². The summed E-state index contributed by atoms with van der Waals surface area (Å²) in [5.74, 6) is 2.76. The van der Waals surface area contributed by atoms with Crippen LogP contribution in [-0.2, 0) is 6.54 Å². The van der Waals surface area contributed by atoms with E-state index in [2.05, 4.69) is 40.4 Å². The first-order chi connectivity index (χ1) is 10.9. The molecule has 1 aromatic heterocycles. The number of hydrogen-bond acceptors (Lipinski definition) is 3. The number of aryl methyl sites for hydroxylation is 2. The Bertz CT molecular complexity index is 533. The standard InChI is InChI=1S/C18H32N4O.HI/c1-14-11-16(15(2)23-14)12-20-17(19-5)21-13-18(3,4)22-9-7-6-8-10-22;/h11H,6-10,12-13H2,1-5H3,(H2,19,20,21);1H. The van der Waals surface area contributed by atoms with Crippen LogP contribution in [0.2, 0.25) is 0 Å². The van der Waals surface area contributed by atoms with Gasteiger partial charge < -0.3 is 15.1 Å². The van der Waals surface area contributed by atoms with Crippen LogP contribution in [0.15, 0.2) is 15.5 Å². The highest BCUT2D eigenvalue weighted by Gasteiger charge is 2.27. The first-order valence-electron chi connectivity index (χ1n) is 8.68. The van der Waals surface area contributed by atoms with Gasteiger partial charge in [0.2, 0.25) is 0 Å². The molecule has 2 N–H and O–H groups in total. The van der Waals surface area contributed by atoms with Crippen molar-refractivity contribution in [2.45, 2.75) is 59.0 Å². The quantitative estimate of drug-likeness (QED) is 0.412. The van der Waals surface area contributed by atoms with E-state index in [0.29, 0.717) is 0 Å². The van der Waals surface area contributed by atoms with Crippen LogP contribution >= 0.6 is 24.0 Å². The lowest BCUT2D eigenvalue weighted by Gasteiger charge is -2.41. The minimum Gasteiger partial charge on any atom is -0.466 e. The van der Waals surface area contributed by atoms with Gasteiger partial charge in [-0.1, -0.05) is 6.42 Å². The number of guanidine groups is 1. The molecule has 1 aromatic rings. The molecule has 5 nitrogen and oxygen atoms in total. The summed E-state index contributed by atoms with van der Waals surface area (Å²) in [4.78, 5) is 6.92. The molecule has 24 heavy (non-hydrogen) atoms. The predicted molar refractivity (Wildman–Crippen MR) is 111 cm³/mol. The zero-order chi connectivity index (χ0) is 16.9. The van der Waals surface area contributed by atoms with Crippen molar-refractivity contribution in [2.75, 3.05) is 26.7 Å². The number of nitrogens with zero attached hydrogens (tertiary/aromatic N) is 2. The second kappa shape index (κ2) is 9.65. The van der Waals surface area contributed by atoms with Crippen molar-refractivity contribution in [1.82, 2.24) is 15.5 Å². The highest BCUT2D eigenvalue weighted by Crippen LogP contribution is 2.19. The molecule has 6 heteroatoms. The zero-order valence-electron chi connectivity index (χ0n) is 15.7. The van der Waals surface area contributed by atoms with E-state index in [9.17, 15) is 0 Å². The number of halogens is 1. The van der Waals surface area contributed by atoms with Gasteiger partial charge in [-0.15, -0.1) is 24.0 Å². The van der Waals surface area contributed by atoms with Gasteiger partial charge in [-0.3, -0.25) is 9.89 Å². The second-order valence-corrected chi connectivity index (χ2v) is 7.08. The van der Waals surface area contributed by atoms with Gasteiger partial charge in [-0.05, 0) is 59.7 Å². The van der Waals surface area contributed by atoms with E-state index in [-0.39, 0.29) is 29.5 Å². The molecule has 1 aliphatic heterocycles. The molecule has 2 heterocycles. The number of aliphatic imine (C=N–C) groups is 1.